The Balaban J connectivity index is 1.91. The summed E-state index contributed by atoms with van der Waals surface area (Å²) in [6.07, 6.45) is 1.74. The summed E-state index contributed by atoms with van der Waals surface area (Å²) in [5.41, 5.74) is 0.137. The van der Waals surface area contributed by atoms with Crippen LogP contribution in [0.15, 0.2) is 45.1 Å². The number of halogens is 1. The number of hydrogen-bond acceptors (Lipinski definition) is 4. The number of sulfonamides is 1. The highest BCUT2D eigenvalue weighted by molar-refractivity contribution is 9.10. The van der Waals surface area contributed by atoms with Crippen LogP contribution < -0.4 is 5.32 Å². The molecule has 1 unspecified atom stereocenters. The summed E-state index contributed by atoms with van der Waals surface area (Å²) in [4.78, 5) is 14.3. The molecule has 152 valence electrons. The van der Waals surface area contributed by atoms with E-state index in [1.807, 2.05) is 17.5 Å². The lowest BCUT2D eigenvalue weighted by Gasteiger charge is -2.31. The Morgan fingerprint density at radius 1 is 1.21 bits per heavy atom. The SMILES string of the molecule is CC(C)(C)C(NC(=O)c1cc(S(=O)(=O)N2CCCC2)ccc1Br)c1cccs1. The molecule has 3 rings (SSSR count). The van der Waals surface area contributed by atoms with E-state index < -0.39 is 10.0 Å². The van der Waals surface area contributed by atoms with Gasteiger partial charge in [-0.05, 0) is 63.8 Å². The first-order valence-electron chi connectivity index (χ1n) is 9.24. The number of rotatable bonds is 5. The van der Waals surface area contributed by atoms with Crippen molar-refractivity contribution in [2.24, 2.45) is 5.41 Å². The van der Waals surface area contributed by atoms with Gasteiger partial charge in [0.2, 0.25) is 10.0 Å². The molecule has 2 aromatic rings. The second kappa shape index (κ2) is 8.26. The van der Waals surface area contributed by atoms with Crippen LogP contribution in [0, 0.1) is 5.41 Å². The van der Waals surface area contributed by atoms with Crippen LogP contribution in [0.2, 0.25) is 0 Å². The lowest BCUT2D eigenvalue weighted by molar-refractivity contribution is 0.0902. The standard InChI is InChI=1S/C20H25BrN2O3S2/c1-20(2,3)18(17-7-6-12-27-17)22-19(24)15-13-14(8-9-16(15)21)28(25,26)23-10-4-5-11-23/h6-9,12-13,18H,4-5,10-11H2,1-3H3,(H,22,24). The van der Waals surface area contributed by atoms with E-state index in [1.54, 1.807) is 23.5 Å². The van der Waals surface area contributed by atoms with Gasteiger partial charge in [0.25, 0.3) is 5.91 Å². The van der Waals surface area contributed by atoms with Crippen molar-refractivity contribution in [3.05, 3.63) is 50.6 Å². The molecule has 0 spiro atoms. The third-order valence-corrected chi connectivity index (χ3v) is 8.38. The second-order valence-electron chi connectivity index (χ2n) is 8.04. The number of carbonyl (C=O) groups excluding carboxylic acids is 1. The zero-order valence-corrected chi connectivity index (χ0v) is 19.5. The molecule has 0 bridgehead atoms. The van der Waals surface area contributed by atoms with E-state index >= 15 is 0 Å². The Morgan fingerprint density at radius 2 is 1.89 bits per heavy atom. The molecule has 1 saturated heterocycles. The van der Waals surface area contributed by atoms with E-state index in [0.29, 0.717) is 23.1 Å². The number of thiophene rings is 1. The summed E-state index contributed by atoms with van der Waals surface area (Å²) < 4.78 is 27.8. The molecule has 0 radical (unpaired) electrons. The van der Waals surface area contributed by atoms with Gasteiger partial charge in [-0.3, -0.25) is 4.79 Å². The van der Waals surface area contributed by atoms with E-state index in [9.17, 15) is 13.2 Å². The van der Waals surface area contributed by atoms with Crippen molar-refractivity contribution in [3.63, 3.8) is 0 Å². The predicted octanol–water partition coefficient (Wildman–Crippen LogP) is 4.81. The molecular formula is C20H25BrN2O3S2. The van der Waals surface area contributed by atoms with Crippen molar-refractivity contribution in [2.75, 3.05) is 13.1 Å². The number of nitrogens with zero attached hydrogens (tertiary/aromatic N) is 1. The van der Waals surface area contributed by atoms with Crippen LogP contribution in [0.25, 0.3) is 0 Å². The molecule has 1 aliphatic heterocycles. The maximum absolute atomic E-state index is 13.1. The van der Waals surface area contributed by atoms with E-state index in [0.717, 1.165) is 17.7 Å². The van der Waals surface area contributed by atoms with Crippen molar-refractivity contribution in [1.82, 2.24) is 9.62 Å². The Kier molecular flexibility index (Phi) is 6.34. The zero-order chi connectivity index (χ0) is 20.5. The van der Waals surface area contributed by atoms with Gasteiger partial charge in [-0.1, -0.05) is 26.8 Å². The van der Waals surface area contributed by atoms with Crippen molar-refractivity contribution in [1.29, 1.82) is 0 Å². The third-order valence-electron chi connectivity index (χ3n) is 4.85. The van der Waals surface area contributed by atoms with Crippen LogP contribution in [0.1, 0.15) is 54.9 Å². The van der Waals surface area contributed by atoms with Crippen molar-refractivity contribution in [2.45, 2.75) is 44.6 Å². The van der Waals surface area contributed by atoms with Gasteiger partial charge >= 0.3 is 0 Å². The van der Waals surface area contributed by atoms with E-state index in [4.69, 9.17) is 0 Å². The average molecular weight is 485 g/mol. The molecule has 2 heterocycles. The monoisotopic (exact) mass is 484 g/mol. The quantitative estimate of drug-likeness (QED) is 0.661. The topological polar surface area (TPSA) is 66.5 Å². The third kappa shape index (κ3) is 4.50. The maximum Gasteiger partial charge on any atom is 0.252 e. The van der Waals surface area contributed by atoms with Gasteiger partial charge in [-0.25, -0.2) is 8.42 Å². The minimum atomic E-state index is -3.58. The lowest BCUT2D eigenvalue weighted by Crippen LogP contribution is -2.36. The summed E-state index contributed by atoms with van der Waals surface area (Å²) in [7, 11) is -3.58. The minimum absolute atomic E-state index is 0.159. The van der Waals surface area contributed by atoms with Gasteiger partial charge in [-0.2, -0.15) is 4.31 Å². The molecule has 1 atom stereocenters. The molecule has 1 aromatic heterocycles. The van der Waals surface area contributed by atoms with Gasteiger partial charge in [0.15, 0.2) is 0 Å². The summed E-state index contributed by atoms with van der Waals surface area (Å²) in [5, 5.41) is 5.08. The van der Waals surface area contributed by atoms with Crippen LogP contribution in [-0.2, 0) is 10.0 Å². The van der Waals surface area contributed by atoms with Crippen molar-refractivity contribution < 1.29 is 13.2 Å². The maximum atomic E-state index is 13.1. The Morgan fingerprint density at radius 3 is 2.46 bits per heavy atom. The van der Waals surface area contributed by atoms with Gasteiger partial charge < -0.3 is 5.32 Å². The van der Waals surface area contributed by atoms with Gasteiger partial charge in [0.1, 0.15) is 0 Å². The lowest BCUT2D eigenvalue weighted by atomic mass is 9.85. The number of nitrogens with one attached hydrogen (secondary N) is 1. The molecule has 0 aliphatic carbocycles. The van der Waals surface area contributed by atoms with Crippen LogP contribution in [0.5, 0.6) is 0 Å². The van der Waals surface area contributed by atoms with Crippen LogP contribution in [-0.4, -0.2) is 31.7 Å². The summed E-state index contributed by atoms with van der Waals surface area (Å²) >= 11 is 5.00. The fraction of sp³-hybridized carbons (Fsp3) is 0.450. The van der Waals surface area contributed by atoms with Crippen LogP contribution in [0.4, 0.5) is 0 Å². The fourth-order valence-electron chi connectivity index (χ4n) is 3.30. The highest BCUT2D eigenvalue weighted by Crippen LogP contribution is 2.36. The first-order chi connectivity index (χ1) is 13.1. The Hall–Kier alpha value is -1.22. The number of carbonyl (C=O) groups is 1. The van der Waals surface area contributed by atoms with E-state index in [2.05, 4.69) is 42.0 Å². The fourth-order valence-corrected chi connectivity index (χ4v) is 6.29. The van der Waals surface area contributed by atoms with Crippen molar-refractivity contribution in [3.8, 4) is 0 Å². The normalized spacial score (nSPS) is 16.9. The zero-order valence-electron chi connectivity index (χ0n) is 16.2. The molecule has 1 fully saturated rings. The molecule has 28 heavy (non-hydrogen) atoms. The van der Waals surface area contributed by atoms with Crippen LogP contribution >= 0.6 is 27.3 Å². The Labute approximate surface area is 179 Å². The van der Waals surface area contributed by atoms with E-state index in [-0.39, 0.29) is 22.3 Å². The molecule has 5 nitrogen and oxygen atoms in total. The number of amides is 1. The highest BCUT2D eigenvalue weighted by Gasteiger charge is 2.31. The average Bonchev–Trinajstić information content (AvgIpc) is 3.32. The first-order valence-corrected chi connectivity index (χ1v) is 12.4. The molecule has 0 saturated carbocycles. The molecule has 8 heteroatoms. The largest absolute Gasteiger partial charge is 0.344 e. The van der Waals surface area contributed by atoms with Gasteiger partial charge in [0, 0.05) is 22.4 Å². The van der Waals surface area contributed by atoms with Crippen molar-refractivity contribution >= 4 is 43.2 Å². The van der Waals surface area contributed by atoms with E-state index in [1.165, 1.54) is 10.4 Å². The highest BCUT2D eigenvalue weighted by atomic mass is 79.9. The number of benzene rings is 1. The van der Waals surface area contributed by atoms with Gasteiger partial charge in [-0.15, -0.1) is 11.3 Å². The van der Waals surface area contributed by atoms with Crippen LogP contribution in [0.3, 0.4) is 0 Å². The summed E-state index contributed by atoms with van der Waals surface area (Å²) in [6.45, 7) is 7.28. The molecule has 1 N–H and O–H groups in total. The minimum Gasteiger partial charge on any atom is -0.344 e. The number of hydrogen-bond donors (Lipinski definition) is 1. The predicted molar refractivity (Wildman–Crippen MR) is 116 cm³/mol. The molecule has 1 aromatic carbocycles. The summed E-state index contributed by atoms with van der Waals surface area (Å²) in [5.74, 6) is -0.293. The molecule has 1 amide bonds. The molecule has 1 aliphatic rings. The molecular weight excluding hydrogens is 460 g/mol. The smallest absolute Gasteiger partial charge is 0.252 e. The van der Waals surface area contributed by atoms with Gasteiger partial charge in [0.05, 0.1) is 16.5 Å². The Bertz CT molecular complexity index is 944. The first kappa shape index (κ1) is 21.5. The summed E-state index contributed by atoms with van der Waals surface area (Å²) in [6, 6.07) is 8.45. The second-order valence-corrected chi connectivity index (χ2v) is 11.8.